The predicted octanol–water partition coefficient (Wildman–Crippen LogP) is 5.37. The van der Waals surface area contributed by atoms with Crippen LogP contribution in [0.15, 0.2) is 36.4 Å². The number of hydrogen-bond acceptors (Lipinski definition) is 3. The second-order valence-corrected chi connectivity index (χ2v) is 7.61. The van der Waals surface area contributed by atoms with Crippen molar-refractivity contribution in [2.75, 3.05) is 30.4 Å². The first-order chi connectivity index (χ1) is 13.0. The largest absolute Gasteiger partial charge is 0.496 e. The van der Waals surface area contributed by atoms with E-state index in [4.69, 9.17) is 4.74 Å². The summed E-state index contributed by atoms with van der Waals surface area (Å²) in [5.41, 5.74) is 4.71. The molecular weight excluding hydrogens is 336 g/mol. The van der Waals surface area contributed by atoms with Crippen molar-refractivity contribution in [2.45, 2.75) is 46.0 Å². The van der Waals surface area contributed by atoms with Gasteiger partial charge in [0.15, 0.2) is 0 Å². The number of methoxy groups -OCH3 is 1. The zero-order chi connectivity index (χ0) is 19.4. The second-order valence-electron chi connectivity index (χ2n) is 7.61. The van der Waals surface area contributed by atoms with Gasteiger partial charge in [-0.15, -0.1) is 0 Å². The maximum atomic E-state index is 12.8. The molecule has 1 aliphatic rings. The molecule has 1 fully saturated rings. The van der Waals surface area contributed by atoms with Gasteiger partial charge in [0.25, 0.3) is 5.91 Å². The number of piperidine rings is 1. The molecule has 0 saturated carbocycles. The number of rotatable bonds is 5. The Morgan fingerprint density at radius 2 is 1.74 bits per heavy atom. The Bertz CT molecular complexity index is 791. The topological polar surface area (TPSA) is 41.6 Å². The maximum absolute atomic E-state index is 12.8. The predicted molar refractivity (Wildman–Crippen MR) is 112 cm³/mol. The first kappa shape index (κ1) is 19.3. The molecule has 2 aromatic carbocycles. The van der Waals surface area contributed by atoms with Crippen LogP contribution in [0.5, 0.6) is 5.75 Å². The average molecular weight is 367 g/mol. The summed E-state index contributed by atoms with van der Waals surface area (Å²) in [7, 11) is 1.67. The molecule has 2 aromatic rings. The minimum atomic E-state index is -0.0808. The lowest BCUT2D eigenvalue weighted by Crippen LogP contribution is -2.29. The Balaban J connectivity index is 1.76. The number of nitrogens with one attached hydrogen (secondary N) is 1. The van der Waals surface area contributed by atoms with E-state index in [0.29, 0.717) is 5.56 Å². The number of aryl methyl sites for hydroxylation is 1. The molecule has 4 heteroatoms. The van der Waals surface area contributed by atoms with E-state index >= 15 is 0 Å². The molecule has 1 heterocycles. The fourth-order valence-electron chi connectivity index (χ4n) is 3.68. The van der Waals surface area contributed by atoms with Crippen molar-refractivity contribution in [2.24, 2.45) is 0 Å². The van der Waals surface area contributed by atoms with Crippen molar-refractivity contribution in [1.82, 2.24) is 0 Å². The number of amides is 1. The van der Waals surface area contributed by atoms with E-state index in [9.17, 15) is 4.79 Å². The summed E-state index contributed by atoms with van der Waals surface area (Å²) in [6.07, 6.45) is 3.84. The molecule has 27 heavy (non-hydrogen) atoms. The Morgan fingerprint density at radius 3 is 2.33 bits per heavy atom. The molecule has 1 amide bonds. The van der Waals surface area contributed by atoms with Crippen LogP contribution < -0.4 is 15.0 Å². The minimum absolute atomic E-state index is 0.0808. The van der Waals surface area contributed by atoms with Gasteiger partial charge in [-0.2, -0.15) is 0 Å². The molecule has 1 N–H and O–H groups in total. The molecule has 0 aliphatic carbocycles. The van der Waals surface area contributed by atoms with Gasteiger partial charge >= 0.3 is 0 Å². The van der Waals surface area contributed by atoms with E-state index in [1.807, 2.05) is 31.2 Å². The van der Waals surface area contributed by atoms with Crippen molar-refractivity contribution < 1.29 is 9.53 Å². The van der Waals surface area contributed by atoms with Crippen molar-refractivity contribution in [3.05, 3.63) is 53.1 Å². The Morgan fingerprint density at radius 1 is 1.07 bits per heavy atom. The third-order valence-corrected chi connectivity index (χ3v) is 5.29. The van der Waals surface area contributed by atoms with Gasteiger partial charge in [-0.05, 0) is 79.6 Å². The number of carbonyl (C=O) groups is 1. The highest BCUT2D eigenvalue weighted by Gasteiger charge is 2.16. The summed E-state index contributed by atoms with van der Waals surface area (Å²) in [6.45, 7) is 8.40. The molecule has 0 unspecified atom stereocenters. The van der Waals surface area contributed by atoms with Gasteiger partial charge in [0.1, 0.15) is 5.75 Å². The van der Waals surface area contributed by atoms with Crippen LogP contribution in [-0.2, 0) is 0 Å². The quantitative estimate of drug-likeness (QED) is 0.773. The fourth-order valence-corrected chi connectivity index (χ4v) is 3.68. The third kappa shape index (κ3) is 4.44. The average Bonchev–Trinajstić information content (AvgIpc) is 2.68. The highest BCUT2D eigenvalue weighted by molar-refractivity contribution is 6.05. The molecule has 0 radical (unpaired) electrons. The van der Waals surface area contributed by atoms with Crippen molar-refractivity contribution in [3.63, 3.8) is 0 Å². The van der Waals surface area contributed by atoms with Gasteiger partial charge in [-0.25, -0.2) is 0 Å². The van der Waals surface area contributed by atoms with Crippen LogP contribution >= 0.6 is 0 Å². The van der Waals surface area contributed by atoms with Crippen LogP contribution in [0.1, 0.15) is 60.5 Å². The standard InChI is InChI=1S/C23H30N2O2/c1-16(2)20-15-21(17(3)14-22(20)27-4)23(26)24-18-8-10-19(11-9-18)25-12-6-5-7-13-25/h8-11,14-16H,5-7,12-13H2,1-4H3,(H,24,26). The first-order valence-electron chi connectivity index (χ1n) is 9.84. The van der Waals surface area contributed by atoms with Crippen LogP contribution in [0.2, 0.25) is 0 Å². The summed E-state index contributed by atoms with van der Waals surface area (Å²) >= 11 is 0. The van der Waals surface area contributed by atoms with Crippen LogP contribution in [-0.4, -0.2) is 26.1 Å². The zero-order valence-electron chi connectivity index (χ0n) is 16.8. The van der Waals surface area contributed by atoms with Crippen molar-refractivity contribution in [3.8, 4) is 5.75 Å². The van der Waals surface area contributed by atoms with Gasteiger partial charge in [0, 0.05) is 30.0 Å². The lowest BCUT2D eigenvalue weighted by Gasteiger charge is -2.28. The smallest absolute Gasteiger partial charge is 0.255 e. The Labute approximate surface area is 162 Å². The summed E-state index contributed by atoms with van der Waals surface area (Å²) in [5.74, 6) is 1.05. The van der Waals surface area contributed by atoms with E-state index < -0.39 is 0 Å². The van der Waals surface area contributed by atoms with Gasteiger partial charge in [0.2, 0.25) is 0 Å². The van der Waals surface area contributed by atoms with Crippen LogP contribution in [0.3, 0.4) is 0 Å². The van der Waals surface area contributed by atoms with Gasteiger partial charge < -0.3 is 15.0 Å². The number of benzene rings is 2. The van der Waals surface area contributed by atoms with Crippen LogP contribution in [0, 0.1) is 6.92 Å². The summed E-state index contributed by atoms with van der Waals surface area (Å²) in [6, 6.07) is 12.1. The first-order valence-corrected chi connectivity index (χ1v) is 9.84. The molecule has 0 atom stereocenters. The molecule has 0 aromatic heterocycles. The lowest BCUT2D eigenvalue weighted by atomic mass is 9.96. The second kappa shape index (κ2) is 8.47. The van der Waals surface area contributed by atoms with Crippen LogP contribution in [0.25, 0.3) is 0 Å². The molecule has 0 bridgehead atoms. The molecule has 144 valence electrons. The Hall–Kier alpha value is -2.49. The highest BCUT2D eigenvalue weighted by Crippen LogP contribution is 2.30. The summed E-state index contributed by atoms with van der Waals surface area (Å²) in [5, 5.41) is 3.03. The lowest BCUT2D eigenvalue weighted by molar-refractivity contribution is 0.102. The van der Waals surface area contributed by atoms with Gasteiger partial charge in [-0.3, -0.25) is 4.79 Å². The highest BCUT2D eigenvalue weighted by atomic mass is 16.5. The van der Waals surface area contributed by atoms with E-state index in [1.165, 1.54) is 24.9 Å². The number of anilines is 2. The van der Waals surface area contributed by atoms with E-state index in [2.05, 4.69) is 36.2 Å². The maximum Gasteiger partial charge on any atom is 0.255 e. The number of nitrogens with zero attached hydrogens (tertiary/aromatic N) is 1. The molecule has 0 spiro atoms. The van der Waals surface area contributed by atoms with Crippen molar-refractivity contribution in [1.29, 1.82) is 0 Å². The number of ether oxygens (including phenoxy) is 1. The molecule has 4 nitrogen and oxygen atoms in total. The van der Waals surface area contributed by atoms with E-state index in [-0.39, 0.29) is 11.8 Å². The van der Waals surface area contributed by atoms with E-state index in [0.717, 1.165) is 35.7 Å². The summed E-state index contributed by atoms with van der Waals surface area (Å²) in [4.78, 5) is 15.2. The van der Waals surface area contributed by atoms with Gasteiger partial charge in [0.05, 0.1) is 7.11 Å². The monoisotopic (exact) mass is 366 g/mol. The molecule has 3 rings (SSSR count). The zero-order valence-corrected chi connectivity index (χ0v) is 16.8. The molecule has 1 aliphatic heterocycles. The minimum Gasteiger partial charge on any atom is -0.496 e. The third-order valence-electron chi connectivity index (χ3n) is 5.29. The summed E-state index contributed by atoms with van der Waals surface area (Å²) < 4.78 is 5.47. The number of hydrogen-bond donors (Lipinski definition) is 1. The SMILES string of the molecule is COc1cc(C)c(C(=O)Nc2ccc(N3CCCCC3)cc2)cc1C(C)C. The molecule has 1 saturated heterocycles. The van der Waals surface area contributed by atoms with E-state index in [1.54, 1.807) is 7.11 Å². The van der Waals surface area contributed by atoms with Crippen LogP contribution in [0.4, 0.5) is 11.4 Å². The number of carbonyl (C=O) groups excluding carboxylic acids is 1. The normalized spacial score (nSPS) is 14.3. The Kier molecular flexibility index (Phi) is 6.04. The van der Waals surface area contributed by atoms with Crippen molar-refractivity contribution >= 4 is 17.3 Å². The fraction of sp³-hybridized carbons (Fsp3) is 0.435. The molecular formula is C23H30N2O2. The van der Waals surface area contributed by atoms with Gasteiger partial charge in [-0.1, -0.05) is 13.8 Å².